The fraction of sp³-hybridized carbons (Fsp3) is 0.545. The molecule has 0 radical (unpaired) electrons. The van der Waals surface area contributed by atoms with E-state index in [2.05, 4.69) is 20.8 Å². The summed E-state index contributed by atoms with van der Waals surface area (Å²) in [7, 11) is 0. The van der Waals surface area contributed by atoms with Crippen molar-refractivity contribution in [2.24, 2.45) is 5.41 Å². The molecular weight excluding hydrogens is 220 g/mol. The molecule has 0 spiro atoms. The van der Waals surface area contributed by atoms with E-state index < -0.39 is 0 Å². The minimum atomic E-state index is -0.349. The second-order valence-corrected chi connectivity index (χ2v) is 4.32. The average molecular weight is 236 g/mol. The third kappa shape index (κ3) is 2.36. The summed E-state index contributed by atoms with van der Waals surface area (Å²) in [6.07, 6.45) is 1.62. The van der Waals surface area contributed by atoms with Gasteiger partial charge in [0.2, 0.25) is 5.91 Å². The van der Waals surface area contributed by atoms with E-state index in [1.165, 1.54) is 12.1 Å². The third-order valence-electron chi connectivity index (χ3n) is 3.32. The van der Waals surface area contributed by atoms with Crippen LogP contribution in [0.5, 0.6) is 0 Å². The highest BCUT2D eigenvalue weighted by molar-refractivity contribution is 5.94. The smallest absolute Gasteiger partial charge is 0.264 e. The zero-order chi connectivity index (χ0) is 12.3. The van der Waals surface area contributed by atoms with Crippen molar-refractivity contribution in [1.29, 1.82) is 0 Å². The van der Waals surface area contributed by atoms with E-state index in [9.17, 15) is 9.59 Å². The monoisotopic (exact) mass is 236 g/mol. The Morgan fingerprint density at radius 1 is 1.59 bits per heavy atom. The minimum absolute atomic E-state index is 0.0375. The number of nitrogens with zero attached hydrogens (tertiary/aromatic N) is 1. The Balaban J connectivity index is 2.10. The van der Waals surface area contributed by atoms with Crippen LogP contribution in [-0.2, 0) is 4.79 Å². The van der Waals surface area contributed by atoms with Crippen LogP contribution < -0.4 is 16.2 Å². The number of rotatable bonds is 3. The molecule has 17 heavy (non-hydrogen) atoms. The van der Waals surface area contributed by atoms with Crippen LogP contribution in [0.1, 0.15) is 19.8 Å². The van der Waals surface area contributed by atoms with Crippen molar-refractivity contribution < 1.29 is 4.79 Å². The van der Waals surface area contributed by atoms with Gasteiger partial charge in [-0.05, 0) is 25.5 Å². The molecule has 1 aromatic rings. The molecule has 1 aliphatic rings. The number of anilines is 1. The molecule has 1 amide bonds. The first kappa shape index (κ1) is 11.8. The summed E-state index contributed by atoms with van der Waals surface area (Å²) in [5.74, 6) is 0.346. The van der Waals surface area contributed by atoms with Crippen LogP contribution in [-0.4, -0.2) is 29.2 Å². The average Bonchev–Trinajstić information content (AvgIpc) is 2.82. The highest BCUT2D eigenvalue weighted by atomic mass is 16.2. The molecule has 0 aliphatic carbocycles. The summed E-state index contributed by atoms with van der Waals surface area (Å²) in [4.78, 5) is 23.0. The Kier molecular flexibility index (Phi) is 3.23. The number of aromatic amines is 1. The Bertz CT molecular complexity index is 442. The van der Waals surface area contributed by atoms with Gasteiger partial charge in [-0.3, -0.25) is 9.59 Å². The summed E-state index contributed by atoms with van der Waals surface area (Å²) in [6.45, 7) is 3.56. The van der Waals surface area contributed by atoms with E-state index in [0.717, 1.165) is 19.4 Å². The first-order valence-electron chi connectivity index (χ1n) is 5.74. The van der Waals surface area contributed by atoms with Gasteiger partial charge in [-0.25, -0.2) is 5.10 Å². The largest absolute Gasteiger partial charge is 0.316 e. The van der Waals surface area contributed by atoms with Gasteiger partial charge in [-0.15, -0.1) is 0 Å². The lowest BCUT2D eigenvalue weighted by molar-refractivity contribution is -0.124. The summed E-state index contributed by atoms with van der Waals surface area (Å²) in [5.41, 5.74) is -0.631. The van der Waals surface area contributed by atoms with Crippen LogP contribution in [0.25, 0.3) is 0 Å². The van der Waals surface area contributed by atoms with Gasteiger partial charge in [0.05, 0.1) is 5.41 Å². The first-order chi connectivity index (χ1) is 8.16. The lowest BCUT2D eigenvalue weighted by Gasteiger charge is -2.24. The number of nitrogens with one attached hydrogen (secondary N) is 3. The van der Waals surface area contributed by atoms with Crippen molar-refractivity contribution in [2.45, 2.75) is 19.8 Å². The Hall–Kier alpha value is -1.69. The van der Waals surface area contributed by atoms with Crippen LogP contribution in [0.4, 0.5) is 5.82 Å². The number of carbonyl (C=O) groups excluding carboxylic acids is 1. The van der Waals surface area contributed by atoms with Gasteiger partial charge in [0.25, 0.3) is 5.56 Å². The van der Waals surface area contributed by atoms with Crippen LogP contribution in [0.15, 0.2) is 16.9 Å². The number of hydrogen-bond acceptors (Lipinski definition) is 4. The lowest BCUT2D eigenvalue weighted by atomic mass is 9.83. The lowest BCUT2D eigenvalue weighted by Crippen LogP contribution is -2.38. The quantitative estimate of drug-likeness (QED) is 0.694. The molecule has 0 aromatic carbocycles. The minimum Gasteiger partial charge on any atom is -0.316 e. The maximum atomic E-state index is 12.2. The van der Waals surface area contributed by atoms with E-state index in [1.807, 2.05) is 6.92 Å². The second kappa shape index (κ2) is 4.67. The van der Waals surface area contributed by atoms with E-state index in [4.69, 9.17) is 0 Å². The summed E-state index contributed by atoms with van der Waals surface area (Å²) >= 11 is 0. The molecule has 0 bridgehead atoms. The van der Waals surface area contributed by atoms with Gasteiger partial charge in [0.1, 0.15) is 0 Å². The van der Waals surface area contributed by atoms with Crippen molar-refractivity contribution in [2.75, 3.05) is 18.4 Å². The molecule has 1 fully saturated rings. The van der Waals surface area contributed by atoms with Crippen molar-refractivity contribution in [1.82, 2.24) is 15.5 Å². The number of amides is 1. The molecule has 6 heteroatoms. The van der Waals surface area contributed by atoms with Gasteiger partial charge in [-0.1, -0.05) is 6.92 Å². The highest BCUT2D eigenvalue weighted by Gasteiger charge is 2.39. The topological polar surface area (TPSA) is 86.9 Å². The summed E-state index contributed by atoms with van der Waals surface area (Å²) < 4.78 is 0. The van der Waals surface area contributed by atoms with Gasteiger partial charge in [0, 0.05) is 12.6 Å². The third-order valence-corrected chi connectivity index (χ3v) is 3.32. The number of H-pyrrole nitrogens is 1. The summed E-state index contributed by atoms with van der Waals surface area (Å²) in [5, 5.41) is 12.0. The number of aromatic nitrogens is 2. The molecule has 1 aromatic heterocycles. The normalized spacial score (nSPS) is 23.6. The van der Waals surface area contributed by atoms with Gasteiger partial charge < -0.3 is 10.6 Å². The molecule has 92 valence electrons. The van der Waals surface area contributed by atoms with E-state index in [-0.39, 0.29) is 16.9 Å². The maximum Gasteiger partial charge on any atom is 0.264 e. The molecular formula is C11H16N4O2. The van der Waals surface area contributed by atoms with Crippen LogP contribution in [0, 0.1) is 5.41 Å². The Morgan fingerprint density at radius 2 is 2.41 bits per heavy atom. The van der Waals surface area contributed by atoms with Crippen LogP contribution >= 0.6 is 0 Å². The van der Waals surface area contributed by atoms with Crippen molar-refractivity contribution in [3.63, 3.8) is 0 Å². The van der Waals surface area contributed by atoms with E-state index in [0.29, 0.717) is 12.4 Å². The van der Waals surface area contributed by atoms with E-state index >= 15 is 0 Å². The summed E-state index contributed by atoms with van der Waals surface area (Å²) in [6, 6.07) is 2.84. The molecule has 1 atom stereocenters. The Morgan fingerprint density at radius 3 is 2.94 bits per heavy atom. The standard InChI is InChI=1S/C11H16N4O2/c1-2-11(5-6-12-7-11)10(17)13-8-3-4-9(16)15-14-8/h3-4,12H,2,5-7H2,1H3,(H,15,16)(H,13,14,17). The number of carbonyl (C=O) groups is 1. The molecule has 1 aliphatic heterocycles. The fourth-order valence-electron chi connectivity index (χ4n) is 2.06. The van der Waals surface area contributed by atoms with E-state index in [1.54, 1.807) is 0 Å². The molecule has 3 N–H and O–H groups in total. The number of hydrogen-bond donors (Lipinski definition) is 3. The molecule has 1 unspecified atom stereocenters. The zero-order valence-corrected chi connectivity index (χ0v) is 9.75. The zero-order valence-electron chi connectivity index (χ0n) is 9.75. The molecule has 2 heterocycles. The molecule has 2 rings (SSSR count). The SMILES string of the molecule is CCC1(C(=O)Nc2ccc(=O)[nH]n2)CCNC1. The maximum absolute atomic E-state index is 12.2. The van der Waals surface area contributed by atoms with Gasteiger partial charge in [-0.2, -0.15) is 5.10 Å². The van der Waals surface area contributed by atoms with Crippen molar-refractivity contribution in [3.8, 4) is 0 Å². The van der Waals surface area contributed by atoms with Gasteiger partial charge >= 0.3 is 0 Å². The van der Waals surface area contributed by atoms with Crippen LogP contribution in [0.3, 0.4) is 0 Å². The van der Waals surface area contributed by atoms with Gasteiger partial charge in [0.15, 0.2) is 5.82 Å². The fourth-order valence-corrected chi connectivity index (χ4v) is 2.06. The van der Waals surface area contributed by atoms with Crippen molar-refractivity contribution >= 4 is 11.7 Å². The first-order valence-corrected chi connectivity index (χ1v) is 5.74. The predicted octanol–water partition coefficient (Wildman–Crippen LogP) is 0.0981. The highest BCUT2D eigenvalue weighted by Crippen LogP contribution is 2.30. The van der Waals surface area contributed by atoms with Crippen molar-refractivity contribution in [3.05, 3.63) is 22.5 Å². The van der Waals surface area contributed by atoms with Crippen LogP contribution in [0.2, 0.25) is 0 Å². The second-order valence-electron chi connectivity index (χ2n) is 4.32. The molecule has 1 saturated heterocycles. The Labute approximate surface area is 98.8 Å². The molecule has 0 saturated carbocycles. The molecule has 6 nitrogen and oxygen atoms in total. The predicted molar refractivity (Wildman–Crippen MR) is 63.7 cm³/mol.